The molecule has 0 saturated carbocycles. The molecule has 0 aliphatic carbocycles. The second-order valence-electron chi connectivity index (χ2n) is 9.18. The van der Waals surface area contributed by atoms with Gasteiger partial charge >= 0.3 is 0 Å². The maximum Gasteiger partial charge on any atom is 0.255 e. The summed E-state index contributed by atoms with van der Waals surface area (Å²) in [6.07, 6.45) is 7.17. The summed E-state index contributed by atoms with van der Waals surface area (Å²) < 4.78 is 5.99. The minimum absolute atomic E-state index is 0.0486. The molecule has 176 valence electrons. The van der Waals surface area contributed by atoms with Gasteiger partial charge in [-0.2, -0.15) is 0 Å². The number of likely N-dealkylation sites (tertiary alicyclic amines) is 1. The number of ether oxygens (including phenoxy) is 1. The van der Waals surface area contributed by atoms with Crippen LogP contribution in [-0.4, -0.2) is 43.0 Å². The van der Waals surface area contributed by atoms with E-state index in [0.717, 1.165) is 44.3 Å². The van der Waals surface area contributed by atoms with Crippen molar-refractivity contribution in [2.75, 3.05) is 26.2 Å². The first-order valence-electron chi connectivity index (χ1n) is 12.1. The van der Waals surface area contributed by atoms with E-state index in [0.29, 0.717) is 49.7 Å². The Bertz CT molecular complexity index is 969. The van der Waals surface area contributed by atoms with Gasteiger partial charge in [-0.3, -0.25) is 9.59 Å². The molecular formula is C27H33ClN2O3. The fraction of sp³-hybridized carbons (Fsp3) is 0.481. The van der Waals surface area contributed by atoms with E-state index in [2.05, 4.69) is 17.4 Å². The fourth-order valence-corrected chi connectivity index (χ4v) is 5.20. The molecule has 5 nitrogen and oxygen atoms in total. The zero-order valence-corrected chi connectivity index (χ0v) is 19.9. The van der Waals surface area contributed by atoms with E-state index in [4.69, 9.17) is 16.3 Å². The Morgan fingerprint density at radius 1 is 0.939 bits per heavy atom. The van der Waals surface area contributed by atoms with E-state index in [1.54, 1.807) is 12.1 Å². The first-order chi connectivity index (χ1) is 16.1. The highest BCUT2D eigenvalue weighted by molar-refractivity contribution is 6.33. The minimum Gasteiger partial charge on any atom is -0.493 e. The third-order valence-electron chi connectivity index (χ3n) is 7.03. The highest BCUT2D eigenvalue weighted by atomic mass is 35.5. The lowest BCUT2D eigenvalue weighted by molar-refractivity contribution is -0.134. The third-order valence-corrected chi connectivity index (χ3v) is 7.36. The molecule has 33 heavy (non-hydrogen) atoms. The second-order valence-corrected chi connectivity index (χ2v) is 9.59. The van der Waals surface area contributed by atoms with Gasteiger partial charge in [0.1, 0.15) is 5.75 Å². The Balaban J connectivity index is 1.40. The molecule has 0 radical (unpaired) electrons. The molecule has 1 spiro atoms. The first kappa shape index (κ1) is 23.6. The van der Waals surface area contributed by atoms with E-state index < -0.39 is 5.41 Å². The Morgan fingerprint density at radius 2 is 1.70 bits per heavy atom. The summed E-state index contributed by atoms with van der Waals surface area (Å²) >= 11 is 6.24. The van der Waals surface area contributed by atoms with E-state index >= 15 is 0 Å². The van der Waals surface area contributed by atoms with Crippen molar-refractivity contribution in [3.63, 3.8) is 0 Å². The monoisotopic (exact) mass is 468 g/mol. The normalized spacial score (nSPS) is 19.7. The van der Waals surface area contributed by atoms with Gasteiger partial charge in [-0.15, -0.1) is 0 Å². The largest absolute Gasteiger partial charge is 0.493 e. The average Bonchev–Trinajstić information content (AvgIpc) is 2.84. The number of fused-ring (bicyclic) bond motifs is 1. The second kappa shape index (κ2) is 11.1. The van der Waals surface area contributed by atoms with Crippen molar-refractivity contribution in [1.82, 2.24) is 10.2 Å². The molecule has 2 aliphatic rings. The van der Waals surface area contributed by atoms with Gasteiger partial charge in [-0.05, 0) is 62.3 Å². The molecule has 2 amide bonds. The zero-order chi connectivity index (χ0) is 23.1. The number of nitrogens with zero attached hydrogens (tertiary/aromatic N) is 1. The van der Waals surface area contributed by atoms with Crippen LogP contribution >= 0.6 is 11.6 Å². The summed E-state index contributed by atoms with van der Waals surface area (Å²) in [6.45, 7) is 2.34. The number of rotatable bonds is 1. The van der Waals surface area contributed by atoms with Gasteiger partial charge in [0, 0.05) is 19.6 Å². The Kier molecular flexibility index (Phi) is 7.92. The molecule has 2 aliphatic heterocycles. The van der Waals surface area contributed by atoms with Crippen LogP contribution in [0.25, 0.3) is 0 Å². The third kappa shape index (κ3) is 5.70. The van der Waals surface area contributed by atoms with Crippen LogP contribution in [-0.2, 0) is 11.2 Å². The number of piperidine rings is 1. The SMILES string of the molecule is O=C(c1ccccc1Cl)N1CCC2(CCCCCc3ccccc3OCCCNC2=O)CC1. The quantitative estimate of drug-likeness (QED) is 0.620. The number of hydrogen-bond acceptors (Lipinski definition) is 3. The number of carbonyl (C=O) groups excluding carboxylic acids is 2. The van der Waals surface area contributed by atoms with Gasteiger partial charge in [-0.1, -0.05) is 54.8 Å². The molecule has 1 N–H and O–H groups in total. The molecule has 1 fully saturated rings. The molecule has 4 rings (SSSR count). The topological polar surface area (TPSA) is 58.6 Å². The smallest absolute Gasteiger partial charge is 0.255 e. The molecule has 1 saturated heterocycles. The standard InChI is InChI=1S/C27H33ClN2O3/c28-23-12-5-4-11-22(23)25(31)30-18-15-27(16-19-30)14-7-1-2-9-21-10-3-6-13-24(21)33-20-8-17-29-26(27)32/h3-6,10-13H,1-2,7-9,14-20H2,(H,29,32). The van der Waals surface area contributed by atoms with E-state index in [1.807, 2.05) is 29.2 Å². The number of nitrogens with one attached hydrogen (secondary N) is 1. The molecule has 2 aromatic carbocycles. The predicted octanol–water partition coefficient (Wildman–Crippen LogP) is 5.26. The number of hydrogen-bond donors (Lipinski definition) is 1. The predicted molar refractivity (Wildman–Crippen MR) is 131 cm³/mol. The van der Waals surface area contributed by atoms with Crippen LogP contribution < -0.4 is 10.1 Å². The summed E-state index contributed by atoms with van der Waals surface area (Å²) in [5.74, 6) is 1.05. The molecule has 6 heteroatoms. The number of halogens is 1. The Hall–Kier alpha value is -2.53. The summed E-state index contributed by atoms with van der Waals surface area (Å²) in [7, 11) is 0. The van der Waals surface area contributed by atoms with Crippen LogP contribution in [0.1, 0.15) is 60.9 Å². The highest BCUT2D eigenvalue weighted by Gasteiger charge is 2.41. The van der Waals surface area contributed by atoms with Crippen LogP contribution in [0.5, 0.6) is 5.75 Å². The first-order valence-corrected chi connectivity index (χ1v) is 12.5. The van der Waals surface area contributed by atoms with Crippen LogP contribution in [0.4, 0.5) is 0 Å². The lowest BCUT2D eigenvalue weighted by Crippen LogP contribution is -2.50. The molecule has 2 heterocycles. The summed E-state index contributed by atoms with van der Waals surface area (Å²) in [5.41, 5.74) is 1.39. The molecule has 0 aromatic heterocycles. The number of benzene rings is 2. The van der Waals surface area contributed by atoms with Gasteiger partial charge in [0.15, 0.2) is 0 Å². The van der Waals surface area contributed by atoms with Crippen molar-refractivity contribution in [1.29, 1.82) is 0 Å². The summed E-state index contributed by atoms with van der Waals surface area (Å²) in [6, 6.07) is 15.4. The van der Waals surface area contributed by atoms with Gasteiger partial charge in [-0.25, -0.2) is 0 Å². The van der Waals surface area contributed by atoms with Crippen LogP contribution in [0.3, 0.4) is 0 Å². The van der Waals surface area contributed by atoms with E-state index in [-0.39, 0.29) is 11.8 Å². The van der Waals surface area contributed by atoms with Gasteiger partial charge < -0.3 is 15.0 Å². The van der Waals surface area contributed by atoms with Gasteiger partial charge in [0.25, 0.3) is 5.91 Å². The summed E-state index contributed by atoms with van der Waals surface area (Å²) in [5, 5.41) is 3.64. The Labute approximate surface area is 201 Å². The molecule has 2 aromatic rings. The van der Waals surface area contributed by atoms with Crippen molar-refractivity contribution >= 4 is 23.4 Å². The lowest BCUT2D eigenvalue weighted by atomic mass is 9.73. The van der Waals surface area contributed by atoms with Crippen molar-refractivity contribution in [3.8, 4) is 5.75 Å². The Morgan fingerprint density at radius 3 is 2.52 bits per heavy atom. The highest BCUT2D eigenvalue weighted by Crippen LogP contribution is 2.38. The molecular weight excluding hydrogens is 436 g/mol. The van der Waals surface area contributed by atoms with Gasteiger partial charge in [0.2, 0.25) is 5.91 Å². The fourth-order valence-electron chi connectivity index (χ4n) is 4.98. The van der Waals surface area contributed by atoms with Crippen LogP contribution in [0.15, 0.2) is 48.5 Å². The molecule has 0 bridgehead atoms. The van der Waals surface area contributed by atoms with E-state index in [9.17, 15) is 9.59 Å². The minimum atomic E-state index is -0.403. The number of carbonyl (C=O) groups is 2. The maximum absolute atomic E-state index is 13.3. The van der Waals surface area contributed by atoms with Gasteiger partial charge in [0.05, 0.1) is 22.6 Å². The van der Waals surface area contributed by atoms with Crippen molar-refractivity contribution in [3.05, 3.63) is 64.7 Å². The number of amides is 2. The molecule has 0 atom stereocenters. The number of aryl methyl sites for hydroxylation is 1. The van der Waals surface area contributed by atoms with Crippen molar-refractivity contribution < 1.29 is 14.3 Å². The van der Waals surface area contributed by atoms with E-state index in [1.165, 1.54) is 5.56 Å². The zero-order valence-electron chi connectivity index (χ0n) is 19.2. The van der Waals surface area contributed by atoms with Crippen molar-refractivity contribution in [2.24, 2.45) is 5.41 Å². The summed E-state index contributed by atoms with van der Waals surface area (Å²) in [4.78, 5) is 28.1. The lowest BCUT2D eigenvalue weighted by Gasteiger charge is -2.41. The maximum atomic E-state index is 13.3. The van der Waals surface area contributed by atoms with Crippen LogP contribution in [0.2, 0.25) is 5.02 Å². The number of para-hydroxylation sites is 1. The molecule has 0 unspecified atom stereocenters. The van der Waals surface area contributed by atoms with Crippen LogP contribution in [0, 0.1) is 5.41 Å². The van der Waals surface area contributed by atoms with Crippen molar-refractivity contribution in [2.45, 2.75) is 51.4 Å². The average molecular weight is 469 g/mol.